The van der Waals surface area contributed by atoms with Gasteiger partial charge >= 0.3 is 0 Å². The van der Waals surface area contributed by atoms with Gasteiger partial charge in [-0.15, -0.1) is 10.2 Å². The average molecular weight is 363 g/mol. The number of amides is 1. The molecule has 0 radical (unpaired) electrons. The molecule has 0 bridgehead atoms. The van der Waals surface area contributed by atoms with Crippen molar-refractivity contribution >= 4 is 45.4 Å². The molecule has 1 amide bonds. The molecule has 1 atom stereocenters. The highest BCUT2D eigenvalue weighted by molar-refractivity contribution is 8.00. The Labute approximate surface area is 154 Å². The molecule has 130 valence electrons. The number of aromatic amines is 1. The summed E-state index contributed by atoms with van der Waals surface area (Å²) in [5, 5.41) is 9.63. The molecular formula is C19H17N5OS. The summed E-state index contributed by atoms with van der Waals surface area (Å²) in [5.41, 5.74) is 3.25. The third kappa shape index (κ3) is 3.01. The zero-order valence-electron chi connectivity index (χ0n) is 14.4. The lowest BCUT2D eigenvalue weighted by Gasteiger charge is -2.20. The molecule has 2 heterocycles. The number of hydrogen-bond acceptors (Lipinski definition) is 5. The maximum Gasteiger partial charge on any atom is 0.240 e. The Bertz CT molecular complexity index is 1080. The van der Waals surface area contributed by atoms with Gasteiger partial charge in [0.1, 0.15) is 5.52 Å². The molecule has 0 saturated heterocycles. The van der Waals surface area contributed by atoms with Crippen LogP contribution in [0.4, 0.5) is 5.69 Å². The van der Waals surface area contributed by atoms with E-state index in [1.54, 1.807) is 11.9 Å². The molecule has 0 saturated carbocycles. The van der Waals surface area contributed by atoms with Crippen LogP contribution in [-0.4, -0.2) is 38.4 Å². The first-order chi connectivity index (χ1) is 12.6. The smallest absolute Gasteiger partial charge is 0.240 e. The van der Waals surface area contributed by atoms with E-state index in [9.17, 15) is 4.79 Å². The Morgan fingerprint density at radius 2 is 1.81 bits per heavy atom. The molecule has 0 unspecified atom stereocenters. The van der Waals surface area contributed by atoms with Gasteiger partial charge < -0.3 is 9.88 Å². The first-order valence-electron chi connectivity index (χ1n) is 8.24. The predicted molar refractivity (Wildman–Crippen MR) is 104 cm³/mol. The minimum Gasteiger partial charge on any atom is -0.338 e. The molecule has 0 aliphatic carbocycles. The summed E-state index contributed by atoms with van der Waals surface area (Å²) < 4.78 is 0. The normalized spacial score (nSPS) is 12.4. The van der Waals surface area contributed by atoms with Gasteiger partial charge in [0.2, 0.25) is 11.1 Å². The lowest BCUT2D eigenvalue weighted by Crippen LogP contribution is -2.33. The molecule has 2 aromatic heterocycles. The molecule has 1 N–H and O–H groups in total. The SMILES string of the molecule is C[C@@H](Sc1nnc2c(n1)[nH]c1ccccc12)C(=O)N(C)c1ccccc1. The first-order valence-corrected chi connectivity index (χ1v) is 9.12. The maximum atomic E-state index is 12.7. The Balaban J connectivity index is 1.56. The van der Waals surface area contributed by atoms with Crippen LogP contribution in [-0.2, 0) is 4.79 Å². The van der Waals surface area contributed by atoms with E-state index in [0.29, 0.717) is 10.8 Å². The number of thioether (sulfide) groups is 1. The van der Waals surface area contributed by atoms with Crippen molar-refractivity contribution in [3.05, 3.63) is 54.6 Å². The fraction of sp³-hybridized carbons (Fsp3) is 0.158. The quantitative estimate of drug-likeness (QED) is 0.560. The Morgan fingerprint density at radius 3 is 2.62 bits per heavy atom. The second-order valence-corrected chi connectivity index (χ2v) is 7.26. The summed E-state index contributed by atoms with van der Waals surface area (Å²) in [6, 6.07) is 17.4. The fourth-order valence-electron chi connectivity index (χ4n) is 2.82. The van der Waals surface area contributed by atoms with Crippen molar-refractivity contribution in [2.45, 2.75) is 17.3 Å². The number of anilines is 1. The minimum atomic E-state index is -0.330. The lowest BCUT2D eigenvalue weighted by atomic mass is 10.2. The standard InChI is InChI=1S/C19H17N5OS/c1-12(18(25)24(2)13-8-4-3-5-9-13)26-19-21-17-16(22-23-19)14-10-6-7-11-15(14)20-17/h3-12H,1-2H3,(H,20,21,23)/t12-/m1/s1. The van der Waals surface area contributed by atoms with Gasteiger partial charge in [0, 0.05) is 23.6 Å². The third-order valence-electron chi connectivity index (χ3n) is 4.21. The van der Waals surface area contributed by atoms with E-state index < -0.39 is 0 Å². The van der Waals surface area contributed by atoms with Gasteiger partial charge in [0.15, 0.2) is 5.65 Å². The number of nitrogens with zero attached hydrogens (tertiary/aromatic N) is 4. The molecular weight excluding hydrogens is 346 g/mol. The predicted octanol–water partition coefficient (Wildman–Crippen LogP) is 3.65. The van der Waals surface area contributed by atoms with Crippen LogP contribution in [0.15, 0.2) is 59.8 Å². The first kappa shape index (κ1) is 16.5. The fourth-order valence-corrected chi connectivity index (χ4v) is 3.62. The van der Waals surface area contributed by atoms with Crippen molar-refractivity contribution in [2.24, 2.45) is 0 Å². The van der Waals surface area contributed by atoms with Crippen LogP contribution in [0.25, 0.3) is 22.1 Å². The van der Waals surface area contributed by atoms with E-state index in [2.05, 4.69) is 20.2 Å². The van der Waals surface area contributed by atoms with Gasteiger partial charge in [-0.25, -0.2) is 4.98 Å². The number of para-hydroxylation sites is 2. The second kappa shape index (κ2) is 6.76. The third-order valence-corrected chi connectivity index (χ3v) is 5.15. The highest BCUT2D eigenvalue weighted by atomic mass is 32.2. The summed E-state index contributed by atoms with van der Waals surface area (Å²) in [4.78, 5) is 22.1. The highest BCUT2D eigenvalue weighted by Gasteiger charge is 2.21. The molecule has 0 aliphatic heterocycles. The molecule has 26 heavy (non-hydrogen) atoms. The molecule has 7 heteroatoms. The Hall–Kier alpha value is -2.93. The van der Waals surface area contributed by atoms with Gasteiger partial charge in [0.25, 0.3) is 0 Å². The zero-order valence-corrected chi connectivity index (χ0v) is 15.2. The Kier molecular flexibility index (Phi) is 4.30. The molecule has 0 aliphatic rings. The second-order valence-electron chi connectivity index (χ2n) is 5.96. The summed E-state index contributed by atoms with van der Waals surface area (Å²) in [5.74, 6) is -0.0125. The van der Waals surface area contributed by atoms with Gasteiger partial charge in [-0.05, 0) is 25.1 Å². The van der Waals surface area contributed by atoms with Crippen molar-refractivity contribution in [1.82, 2.24) is 20.2 Å². The van der Waals surface area contributed by atoms with Crippen LogP contribution in [0.3, 0.4) is 0 Å². The minimum absolute atomic E-state index is 0.0125. The number of rotatable bonds is 4. The van der Waals surface area contributed by atoms with E-state index in [0.717, 1.165) is 22.1 Å². The zero-order chi connectivity index (χ0) is 18.1. The van der Waals surface area contributed by atoms with Gasteiger partial charge in [-0.1, -0.05) is 48.2 Å². The van der Waals surface area contributed by atoms with Crippen molar-refractivity contribution in [2.75, 3.05) is 11.9 Å². The van der Waals surface area contributed by atoms with Crippen LogP contribution < -0.4 is 4.90 Å². The molecule has 0 fully saturated rings. The number of H-pyrrole nitrogens is 1. The summed E-state index contributed by atoms with van der Waals surface area (Å²) in [6.07, 6.45) is 0. The largest absolute Gasteiger partial charge is 0.338 e. The molecule has 2 aromatic carbocycles. The molecule has 4 aromatic rings. The Morgan fingerprint density at radius 1 is 1.08 bits per heavy atom. The van der Waals surface area contributed by atoms with Gasteiger partial charge in [-0.3, -0.25) is 4.79 Å². The van der Waals surface area contributed by atoms with Crippen LogP contribution in [0, 0.1) is 0 Å². The van der Waals surface area contributed by atoms with Crippen molar-refractivity contribution in [1.29, 1.82) is 0 Å². The van der Waals surface area contributed by atoms with Gasteiger partial charge in [-0.2, -0.15) is 0 Å². The monoisotopic (exact) mass is 363 g/mol. The van der Waals surface area contributed by atoms with Crippen LogP contribution in [0.2, 0.25) is 0 Å². The average Bonchev–Trinajstić information content (AvgIpc) is 3.05. The summed E-state index contributed by atoms with van der Waals surface area (Å²) in [6.45, 7) is 1.85. The number of nitrogens with one attached hydrogen (secondary N) is 1. The topological polar surface area (TPSA) is 74.8 Å². The summed E-state index contributed by atoms with van der Waals surface area (Å²) >= 11 is 1.30. The number of aromatic nitrogens is 4. The van der Waals surface area contributed by atoms with Crippen molar-refractivity contribution < 1.29 is 4.79 Å². The van der Waals surface area contributed by atoms with Crippen LogP contribution in [0.1, 0.15) is 6.92 Å². The number of carbonyl (C=O) groups excluding carboxylic acids is 1. The number of fused-ring (bicyclic) bond motifs is 3. The van der Waals surface area contributed by atoms with Gasteiger partial charge in [0.05, 0.1) is 5.25 Å². The van der Waals surface area contributed by atoms with Crippen molar-refractivity contribution in [3.8, 4) is 0 Å². The summed E-state index contributed by atoms with van der Waals surface area (Å²) in [7, 11) is 1.77. The molecule has 0 spiro atoms. The number of carbonyl (C=O) groups is 1. The van der Waals surface area contributed by atoms with Crippen LogP contribution in [0.5, 0.6) is 0 Å². The number of hydrogen-bond donors (Lipinski definition) is 1. The molecule has 4 rings (SSSR count). The highest BCUT2D eigenvalue weighted by Crippen LogP contribution is 2.26. The number of benzene rings is 2. The van der Waals surface area contributed by atoms with E-state index in [-0.39, 0.29) is 11.2 Å². The lowest BCUT2D eigenvalue weighted by molar-refractivity contribution is -0.117. The van der Waals surface area contributed by atoms with E-state index in [1.807, 2.05) is 61.5 Å². The van der Waals surface area contributed by atoms with E-state index in [4.69, 9.17) is 0 Å². The van der Waals surface area contributed by atoms with E-state index in [1.165, 1.54) is 11.8 Å². The maximum absolute atomic E-state index is 12.7. The van der Waals surface area contributed by atoms with Crippen molar-refractivity contribution in [3.63, 3.8) is 0 Å². The van der Waals surface area contributed by atoms with E-state index >= 15 is 0 Å². The molecule has 6 nitrogen and oxygen atoms in total. The van der Waals surface area contributed by atoms with Crippen LogP contribution >= 0.6 is 11.8 Å².